The Morgan fingerprint density at radius 1 is 1.35 bits per heavy atom. The number of fused-ring (bicyclic) bond motifs is 1. The van der Waals surface area contributed by atoms with Gasteiger partial charge >= 0.3 is 5.63 Å². The molecule has 1 aliphatic rings. The summed E-state index contributed by atoms with van der Waals surface area (Å²) in [6, 6.07) is 10.1. The second-order valence-corrected chi connectivity index (χ2v) is 5.67. The molecule has 0 saturated carbocycles. The molecule has 0 bridgehead atoms. The van der Waals surface area contributed by atoms with Gasteiger partial charge in [-0.3, -0.25) is 4.79 Å². The molecule has 1 amide bonds. The van der Waals surface area contributed by atoms with Crippen molar-refractivity contribution >= 4 is 5.91 Å². The molecule has 0 saturated heterocycles. The molecule has 2 aromatic rings. The zero-order valence-electron chi connectivity index (χ0n) is 13.8. The molecule has 1 atom stereocenters. The topological polar surface area (TPSA) is 142 Å². The average molecular weight is 353 g/mol. The van der Waals surface area contributed by atoms with Crippen LogP contribution in [-0.4, -0.2) is 12.5 Å². The molecule has 8 nitrogen and oxygen atoms in total. The van der Waals surface area contributed by atoms with Crippen molar-refractivity contribution in [2.24, 2.45) is 11.5 Å². The van der Waals surface area contributed by atoms with Crippen molar-refractivity contribution < 1.29 is 18.7 Å². The first-order valence-corrected chi connectivity index (χ1v) is 7.64. The van der Waals surface area contributed by atoms with Gasteiger partial charge in [-0.1, -0.05) is 12.1 Å². The molecule has 0 aliphatic carbocycles. The highest BCUT2D eigenvalue weighted by Gasteiger charge is 2.34. The predicted molar refractivity (Wildman–Crippen MR) is 90.1 cm³/mol. The number of nitrogens with zero attached hydrogens (tertiary/aromatic N) is 1. The highest BCUT2D eigenvalue weighted by molar-refractivity contribution is 5.75. The van der Waals surface area contributed by atoms with Crippen LogP contribution in [0.3, 0.4) is 0 Å². The summed E-state index contributed by atoms with van der Waals surface area (Å²) in [5.74, 6) is -0.339. The van der Waals surface area contributed by atoms with Crippen molar-refractivity contribution in [3.8, 4) is 17.6 Å². The number of primary amides is 1. The third kappa shape index (κ3) is 3.10. The molecule has 132 valence electrons. The lowest BCUT2D eigenvalue weighted by Crippen LogP contribution is -2.26. The Morgan fingerprint density at radius 2 is 2.04 bits per heavy atom. The van der Waals surface area contributed by atoms with Crippen LogP contribution in [0.4, 0.5) is 0 Å². The Kier molecular flexibility index (Phi) is 4.37. The summed E-state index contributed by atoms with van der Waals surface area (Å²) >= 11 is 0. The van der Waals surface area contributed by atoms with E-state index < -0.39 is 17.5 Å². The molecule has 0 fully saturated rings. The van der Waals surface area contributed by atoms with Gasteiger partial charge in [0.25, 0.3) is 5.91 Å². The van der Waals surface area contributed by atoms with Crippen LogP contribution in [0.15, 0.2) is 51.0 Å². The highest BCUT2D eigenvalue weighted by Crippen LogP contribution is 2.40. The number of benzene rings is 1. The molecule has 8 heteroatoms. The molecule has 4 N–H and O–H groups in total. The summed E-state index contributed by atoms with van der Waals surface area (Å²) in [4.78, 5) is 23.2. The maximum Gasteiger partial charge on any atom is 0.343 e. The highest BCUT2D eigenvalue weighted by atomic mass is 16.5. The molecule has 3 rings (SSSR count). The molecule has 0 radical (unpaired) electrons. The fraction of sp³-hybridized carbons (Fsp3) is 0.167. The maximum atomic E-state index is 12.4. The largest absolute Gasteiger partial charge is 0.484 e. The van der Waals surface area contributed by atoms with Gasteiger partial charge in [0.2, 0.25) is 5.88 Å². The van der Waals surface area contributed by atoms with E-state index in [0.717, 1.165) is 0 Å². The van der Waals surface area contributed by atoms with Gasteiger partial charge in [-0.15, -0.1) is 0 Å². The van der Waals surface area contributed by atoms with Crippen molar-refractivity contribution in [1.82, 2.24) is 0 Å². The lowest BCUT2D eigenvalue weighted by Gasteiger charge is -2.25. The first-order chi connectivity index (χ1) is 12.4. The number of nitrogens with two attached hydrogens (primary N) is 2. The van der Waals surface area contributed by atoms with Crippen LogP contribution in [0.1, 0.15) is 22.8 Å². The fourth-order valence-electron chi connectivity index (χ4n) is 2.76. The van der Waals surface area contributed by atoms with Gasteiger partial charge in [0.1, 0.15) is 28.9 Å². The first kappa shape index (κ1) is 17.1. The lowest BCUT2D eigenvalue weighted by molar-refractivity contribution is -0.119. The number of aryl methyl sites for hydroxylation is 1. The van der Waals surface area contributed by atoms with Crippen molar-refractivity contribution in [2.75, 3.05) is 6.61 Å². The third-order valence-corrected chi connectivity index (χ3v) is 3.85. The van der Waals surface area contributed by atoms with E-state index in [1.54, 1.807) is 37.3 Å². The molecule has 2 heterocycles. The van der Waals surface area contributed by atoms with Crippen molar-refractivity contribution in [2.45, 2.75) is 12.8 Å². The molecule has 1 aromatic carbocycles. The van der Waals surface area contributed by atoms with E-state index in [1.165, 1.54) is 0 Å². The summed E-state index contributed by atoms with van der Waals surface area (Å²) in [5, 5.41) is 9.49. The Balaban J connectivity index is 2.07. The number of nitriles is 1. The number of amides is 1. The standard InChI is InChI=1S/C18H15N3O5/c1-9-6-13-16(18(23)25-9)15(12(7-19)17(21)26-13)10-2-4-11(5-3-10)24-8-14(20)22/h2-6,15H,8,21H2,1H3,(H2,20,22)/t15-/m0/s1. The van der Waals surface area contributed by atoms with E-state index in [0.29, 0.717) is 17.1 Å². The monoisotopic (exact) mass is 353 g/mol. The minimum absolute atomic E-state index is 0.0657. The number of carbonyl (C=O) groups excluding carboxylic acids is 1. The van der Waals surface area contributed by atoms with Gasteiger partial charge in [-0.2, -0.15) is 5.26 Å². The van der Waals surface area contributed by atoms with Crippen LogP contribution in [0, 0.1) is 18.3 Å². The van der Waals surface area contributed by atoms with Crippen LogP contribution in [0.5, 0.6) is 11.5 Å². The summed E-state index contributed by atoms with van der Waals surface area (Å²) in [6.07, 6.45) is 0. The Hall–Kier alpha value is -3.73. The maximum absolute atomic E-state index is 12.4. The van der Waals surface area contributed by atoms with Crippen LogP contribution >= 0.6 is 0 Å². The van der Waals surface area contributed by atoms with Crippen LogP contribution in [0.25, 0.3) is 0 Å². The molecular weight excluding hydrogens is 338 g/mol. The van der Waals surface area contributed by atoms with E-state index in [1.807, 2.05) is 6.07 Å². The van der Waals surface area contributed by atoms with E-state index >= 15 is 0 Å². The number of hydrogen-bond acceptors (Lipinski definition) is 7. The molecule has 1 aromatic heterocycles. The van der Waals surface area contributed by atoms with Crippen molar-refractivity contribution in [1.29, 1.82) is 5.26 Å². The zero-order chi connectivity index (χ0) is 18.8. The van der Waals surface area contributed by atoms with Gasteiger partial charge in [0.05, 0.1) is 11.5 Å². The zero-order valence-corrected chi connectivity index (χ0v) is 13.8. The third-order valence-electron chi connectivity index (χ3n) is 3.85. The molecule has 0 spiro atoms. The molecule has 1 aliphatic heterocycles. The quantitative estimate of drug-likeness (QED) is 0.836. The lowest BCUT2D eigenvalue weighted by atomic mass is 9.84. The first-order valence-electron chi connectivity index (χ1n) is 7.64. The average Bonchev–Trinajstić information content (AvgIpc) is 2.59. The van der Waals surface area contributed by atoms with Gasteiger partial charge in [0, 0.05) is 6.07 Å². The van der Waals surface area contributed by atoms with Gasteiger partial charge in [-0.25, -0.2) is 4.79 Å². The SMILES string of the molecule is Cc1cc2c(c(=O)o1)[C@@H](c1ccc(OCC(N)=O)cc1)C(C#N)=C(N)O2. The van der Waals surface area contributed by atoms with E-state index in [4.69, 9.17) is 25.4 Å². The van der Waals surface area contributed by atoms with E-state index in [2.05, 4.69) is 0 Å². The summed E-state index contributed by atoms with van der Waals surface area (Å²) in [5.41, 5.74) is 11.2. The summed E-state index contributed by atoms with van der Waals surface area (Å²) < 4.78 is 15.8. The van der Waals surface area contributed by atoms with Crippen LogP contribution < -0.4 is 26.6 Å². The van der Waals surface area contributed by atoms with Crippen LogP contribution in [0.2, 0.25) is 0 Å². The fourth-order valence-corrected chi connectivity index (χ4v) is 2.76. The van der Waals surface area contributed by atoms with E-state index in [-0.39, 0.29) is 29.4 Å². The molecular formula is C18H15N3O5. The Bertz CT molecular complexity index is 999. The predicted octanol–water partition coefficient (Wildman–Crippen LogP) is 1.03. The Labute approximate surface area is 148 Å². The number of allylic oxidation sites excluding steroid dienone is 1. The number of carbonyl (C=O) groups is 1. The van der Waals surface area contributed by atoms with Crippen LogP contribution in [-0.2, 0) is 4.79 Å². The van der Waals surface area contributed by atoms with Crippen molar-refractivity contribution in [3.63, 3.8) is 0 Å². The van der Waals surface area contributed by atoms with Gasteiger partial charge in [0.15, 0.2) is 6.61 Å². The minimum atomic E-state index is -0.731. The minimum Gasteiger partial charge on any atom is -0.484 e. The molecule has 0 unspecified atom stereocenters. The number of rotatable bonds is 4. The smallest absolute Gasteiger partial charge is 0.343 e. The van der Waals surface area contributed by atoms with Crippen molar-refractivity contribution in [3.05, 3.63) is 69.1 Å². The molecule has 26 heavy (non-hydrogen) atoms. The normalized spacial score (nSPS) is 15.6. The second kappa shape index (κ2) is 6.64. The number of ether oxygens (including phenoxy) is 2. The summed E-state index contributed by atoms with van der Waals surface area (Å²) in [6.45, 7) is 1.36. The number of hydrogen-bond donors (Lipinski definition) is 2. The Morgan fingerprint density at radius 3 is 2.65 bits per heavy atom. The van der Waals surface area contributed by atoms with Gasteiger partial charge in [-0.05, 0) is 24.6 Å². The summed E-state index contributed by atoms with van der Waals surface area (Å²) in [7, 11) is 0. The second-order valence-electron chi connectivity index (χ2n) is 5.67. The van der Waals surface area contributed by atoms with Gasteiger partial charge < -0.3 is 25.4 Å². The van der Waals surface area contributed by atoms with E-state index in [9.17, 15) is 14.9 Å².